The van der Waals surface area contributed by atoms with E-state index in [2.05, 4.69) is 26.2 Å². The Balaban J connectivity index is 1.11. The fourth-order valence-electron chi connectivity index (χ4n) is 5.06. The fourth-order valence-corrected chi connectivity index (χ4v) is 5.25. The van der Waals surface area contributed by atoms with Crippen LogP contribution in [0, 0.1) is 0 Å². The van der Waals surface area contributed by atoms with Gasteiger partial charge in [-0.05, 0) is 62.2 Å². The molecule has 5 rings (SSSR count). The van der Waals surface area contributed by atoms with Gasteiger partial charge in [-0.15, -0.1) is 0 Å². The van der Waals surface area contributed by atoms with Crippen LogP contribution in [-0.2, 0) is 11.3 Å². The lowest BCUT2D eigenvalue weighted by molar-refractivity contribution is 0.0949. The molecule has 3 heterocycles. The van der Waals surface area contributed by atoms with Crippen molar-refractivity contribution >= 4 is 34.1 Å². The highest BCUT2D eigenvalue weighted by molar-refractivity contribution is 6.30. The summed E-state index contributed by atoms with van der Waals surface area (Å²) in [6, 6.07) is 12.7. The van der Waals surface area contributed by atoms with Crippen molar-refractivity contribution in [2.45, 2.75) is 31.9 Å². The Morgan fingerprint density at radius 1 is 1.11 bits per heavy atom. The highest BCUT2D eigenvalue weighted by Crippen LogP contribution is 2.21. The van der Waals surface area contributed by atoms with Gasteiger partial charge in [-0.1, -0.05) is 17.7 Å². The minimum Gasteiger partial charge on any atom is -0.376 e. The molecule has 3 aromatic rings. The monoisotopic (exact) mass is 525 g/mol. The van der Waals surface area contributed by atoms with E-state index in [9.17, 15) is 14.4 Å². The summed E-state index contributed by atoms with van der Waals surface area (Å²) < 4.78 is 6.75. The molecule has 2 saturated heterocycles. The van der Waals surface area contributed by atoms with Crippen LogP contribution in [0.1, 0.15) is 29.6 Å². The van der Waals surface area contributed by atoms with Gasteiger partial charge >= 0.3 is 5.69 Å². The number of hydrogen-bond donors (Lipinski definition) is 2. The number of benzene rings is 2. The van der Waals surface area contributed by atoms with Crippen LogP contribution >= 0.6 is 11.6 Å². The minimum atomic E-state index is -0.485. The fraction of sp³-hybridized carbons (Fsp3) is 0.444. The van der Waals surface area contributed by atoms with E-state index in [1.54, 1.807) is 18.2 Å². The van der Waals surface area contributed by atoms with Crippen LogP contribution < -0.4 is 21.5 Å². The number of aromatic amines is 1. The van der Waals surface area contributed by atoms with Gasteiger partial charge in [0.2, 0.25) is 0 Å². The highest BCUT2D eigenvalue weighted by Gasteiger charge is 2.20. The lowest BCUT2D eigenvalue weighted by Crippen LogP contribution is -2.47. The van der Waals surface area contributed by atoms with Gasteiger partial charge in [0.05, 0.1) is 23.6 Å². The maximum Gasteiger partial charge on any atom is 0.328 e. The van der Waals surface area contributed by atoms with Crippen molar-refractivity contribution in [3.8, 4) is 0 Å². The average Bonchev–Trinajstić information content (AvgIpc) is 3.42. The van der Waals surface area contributed by atoms with Crippen LogP contribution in [0.2, 0.25) is 5.02 Å². The molecule has 1 atom stereocenters. The topological polar surface area (TPSA) is 99.7 Å². The van der Waals surface area contributed by atoms with Crippen molar-refractivity contribution in [1.82, 2.24) is 19.8 Å². The Kier molecular flexibility index (Phi) is 7.93. The molecule has 0 bridgehead atoms. The number of nitrogens with zero attached hydrogens (tertiary/aromatic N) is 3. The van der Waals surface area contributed by atoms with Gasteiger partial charge in [-0.25, -0.2) is 4.79 Å². The predicted molar refractivity (Wildman–Crippen MR) is 145 cm³/mol. The van der Waals surface area contributed by atoms with Gasteiger partial charge in [0.1, 0.15) is 0 Å². The number of ether oxygens (including phenoxy) is 1. The van der Waals surface area contributed by atoms with E-state index in [0.717, 1.165) is 62.7 Å². The number of anilines is 1. The summed E-state index contributed by atoms with van der Waals surface area (Å²) in [5, 5.41) is 4.08. The Labute approximate surface area is 220 Å². The van der Waals surface area contributed by atoms with Crippen LogP contribution in [0.5, 0.6) is 0 Å². The van der Waals surface area contributed by atoms with E-state index in [4.69, 9.17) is 16.3 Å². The summed E-state index contributed by atoms with van der Waals surface area (Å²) in [5.74, 6) is -0.225. The van der Waals surface area contributed by atoms with Gasteiger partial charge < -0.3 is 19.9 Å². The maximum atomic E-state index is 12.9. The van der Waals surface area contributed by atoms with Crippen molar-refractivity contribution in [1.29, 1.82) is 0 Å². The highest BCUT2D eigenvalue weighted by atomic mass is 35.5. The summed E-state index contributed by atoms with van der Waals surface area (Å²) in [6.07, 6.45) is 2.49. The number of fused-ring (bicyclic) bond motifs is 1. The van der Waals surface area contributed by atoms with Crippen LogP contribution in [0.25, 0.3) is 10.9 Å². The minimum absolute atomic E-state index is 0.117. The van der Waals surface area contributed by atoms with Crippen molar-refractivity contribution < 1.29 is 9.53 Å². The Morgan fingerprint density at radius 2 is 1.95 bits per heavy atom. The second kappa shape index (κ2) is 11.5. The predicted octanol–water partition coefficient (Wildman–Crippen LogP) is 2.46. The zero-order chi connectivity index (χ0) is 25.8. The van der Waals surface area contributed by atoms with Crippen LogP contribution in [0.15, 0.2) is 52.1 Å². The van der Waals surface area contributed by atoms with Gasteiger partial charge in [0.15, 0.2) is 0 Å². The molecule has 2 N–H and O–H groups in total. The van der Waals surface area contributed by atoms with E-state index in [1.807, 2.05) is 18.2 Å². The molecule has 10 heteroatoms. The second-order valence-corrected chi connectivity index (χ2v) is 10.1. The molecule has 9 nitrogen and oxygen atoms in total. The van der Waals surface area contributed by atoms with Crippen molar-refractivity contribution in [2.75, 3.05) is 50.8 Å². The number of hydrogen-bond acceptors (Lipinski definition) is 6. The van der Waals surface area contributed by atoms with Crippen molar-refractivity contribution in [3.63, 3.8) is 0 Å². The normalized spacial score (nSPS) is 18.4. The summed E-state index contributed by atoms with van der Waals surface area (Å²) in [4.78, 5) is 45.6. The molecule has 0 saturated carbocycles. The Morgan fingerprint density at radius 3 is 2.70 bits per heavy atom. The van der Waals surface area contributed by atoms with Gasteiger partial charge in [0.25, 0.3) is 11.5 Å². The third-order valence-electron chi connectivity index (χ3n) is 7.14. The van der Waals surface area contributed by atoms with Crippen molar-refractivity contribution in [2.24, 2.45) is 0 Å². The number of aromatic nitrogens is 2. The summed E-state index contributed by atoms with van der Waals surface area (Å²) in [5.41, 5.74) is 1.08. The van der Waals surface area contributed by atoms with E-state index in [1.165, 1.54) is 4.57 Å². The molecule has 2 aliphatic rings. The summed E-state index contributed by atoms with van der Waals surface area (Å²) in [7, 11) is 0. The maximum absolute atomic E-state index is 12.9. The molecule has 37 heavy (non-hydrogen) atoms. The van der Waals surface area contributed by atoms with Gasteiger partial charge in [0, 0.05) is 55.6 Å². The smallest absolute Gasteiger partial charge is 0.328 e. The Bertz CT molecular complexity index is 1370. The first-order valence-electron chi connectivity index (χ1n) is 12.9. The first kappa shape index (κ1) is 25.5. The summed E-state index contributed by atoms with van der Waals surface area (Å²) >= 11 is 6.12. The lowest BCUT2D eigenvalue weighted by atomic mass is 10.1. The van der Waals surface area contributed by atoms with Crippen molar-refractivity contribution in [3.05, 3.63) is 73.9 Å². The quantitative estimate of drug-likeness (QED) is 0.438. The molecule has 0 radical (unpaired) electrons. The molecule has 1 amide bonds. The number of piperazine rings is 1. The Hall–Kier alpha value is -3.14. The number of carbonyl (C=O) groups is 1. The largest absolute Gasteiger partial charge is 0.376 e. The van der Waals surface area contributed by atoms with Crippen LogP contribution in [0.3, 0.4) is 0 Å². The van der Waals surface area contributed by atoms with Crippen LogP contribution in [0.4, 0.5) is 5.69 Å². The number of carbonyl (C=O) groups excluding carboxylic acids is 1. The standard InChI is InChI=1S/C27H32ClN5O4/c28-20-4-1-5-21(17-20)32-13-11-31(12-14-32)10-3-9-29-25(34)19-7-8-23-24(16-19)30-27(36)33(26(23)35)18-22-6-2-15-37-22/h1,4-5,7-8,16-17,22H,2-3,6,9-15,18H2,(H,29,34)(H,30,36). The third-order valence-corrected chi connectivity index (χ3v) is 7.37. The zero-order valence-corrected chi connectivity index (χ0v) is 21.5. The second-order valence-electron chi connectivity index (χ2n) is 9.66. The molecule has 196 valence electrons. The zero-order valence-electron chi connectivity index (χ0n) is 20.7. The van der Waals surface area contributed by atoms with E-state index in [-0.39, 0.29) is 24.1 Å². The number of rotatable bonds is 8. The first-order valence-corrected chi connectivity index (χ1v) is 13.3. The third kappa shape index (κ3) is 6.06. The molecule has 0 spiro atoms. The molecular formula is C27H32ClN5O4. The molecular weight excluding hydrogens is 494 g/mol. The number of H-pyrrole nitrogens is 1. The van der Waals surface area contributed by atoms with E-state index >= 15 is 0 Å². The molecule has 1 aromatic heterocycles. The molecule has 2 aliphatic heterocycles. The molecule has 2 fully saturated rings. The SMILES string of the molecule is O=C(NCCCN1CCN(c2cccc(Cl)c2)CC1)c1ccc2c(=O)n(CC3CCCO3)c(=O)[nH]c2c1. The van der Waals surface area contributed by atoms with Gasteiger partial charge in [-0.2, -0.15) is 0 Å². The average molecular weight is 526 g/mol. The molecule has 0 aliphatic carbocycles. The van der Waals surface area contributed by atoms with E-state index in [0.29, 0.717) is 29.6 Å². The number of amides is 1. The molecule has 1 unspecified atom stereocenters. The van der Waals surface area contributed by atoms with Crippen LogP contribution in [-0.4, -0.2) is 72.3 Å². The van der Waals surface area contributed by atoms with Gasteiger partial charge in [-0.3, -0.25) is 19.1 Å². The van der Waals surface area contributed by atoms with E-state index < -0.39 is 5.69 Å². The summed E-state index contributed by atoms with van der Waals surface area (Å²) in [6.45, 7) is 6.15. The lowest BCUT2D eigenvalue weighted by Gasteiger charge is -2.36. The first-order chi connectivity index (χ1) is 18.0. The number of halogens is 1. The number of nitrogens with one attached hydrogen (secondary N) is 2. The molecule has 2 aromatic carbocycles.